The Morgan fingerprint density at radius 3 is 2.46 bits per heavy atom. The number of pyridine rings is 1. The minimum atomic E-state index is -0.846. The van der Waals surface area contributed by atoms with Gasteiger partial charge in [0.15, 0.2) is 11.5 Å². The number of hydrogen-bond donors (Lipinski definition) is 1. The van der Waals surface area contributed by atoms with Gasteiger partial charge < -0.3 is 24.2 Å². The van der Waals surface area contributed by atoms with Crippen LogP contribution in [0.4, 0.5) is 0 Å². The van der Waals surface area contributed by atoms with Crippen LogP contribution in [0, 0.1) is 0 Å². The Labute approximate surface area is 216 Å². The molecule has 37 heavy (non-hydrogen) atoms. The summed E-state index contributed by atoms with van der Waals surface area (Å²) in [6, 6.07) is 14.7. The molecule has 0 bridgehead atoms. The van der Waals surface area contributed by atoms with Crippen molar-refractivity contribution >= 4 is 17.4 Å². The maximum atomic E-state index is 13.3. The van der Waals surface area contributed by atoms with Gasteiger partial charge in [-0.05, 0) is 66.9 Å². The fourth-order valence-corrected chi connectivity index (χ4v) is 4.28. The quantitative estimate of drug-likeness (QED) is 0.239. The fraction of sp³-hybridized carbons (Fsp3) is 0.276. The highest BCUT2D eigenvalue weighted by Gasteiger charge is 2.46. The molecule has 0 saturated carbocycles. The zero-order valence-corrected chi connectivity index (χ0v) is 21.1. The average molecular weight is 503 g/mol. The van der Waals surface area contributed by atoms with E-state index in [-0.39, 0.29) is 17.9 Å². The molecule has 3 aromatic rings. The molecule has 2 heterocycles. The van der Waals surface area contributed by atoms with E-state index in [4.69, 9.17) is 14.2 Å². The van der Waals surface area contributed by atoms with Crippen LogP contribution in [0.15, 0.2) is 72.6 Å². The van der Waals surface area contributed by atoms with E-state index in [1.54, 1.807) is 68.0 Å². The van der Waals surface area contributed by atoms with Crippen molar-refractivity contribution in [1.29, 1.82) is 0 Å². The third kappa shape index (κ3) is 5.43. The van der Waals surface area contributed by atoms with Crippen LogP contribution in [0.25, 0.3) is 5.76 Å². The molecule has 2 aromatic carbocycles. The van der Waals surface area contributed by atoms with E-state index in [1.807, 2.05) is 19.9 Å². The minimum absolute atomic E-state index is 0.00346. The largest absolute Gasteiger partial charge is 0.507 e. The molecule has 1 atom stereocenters. The van der Waals surface area contributed by atoms with Crippen molar-refractivity contribution in [2.24, 2.45) is 0 Å². The third-order valence-electron chi connectivity index (χ3n) is 6.02. The Bertz CT molecular complexity index is 1290. The van der Waals surface area contributed by atoms with Crippen LogP contribution in [0.2, 0.25) is 0 Å². The lowest BCUT2D eigenvalue weighted by molar-refractivity contribution is -0.140. The Kier molecular flexibility index (Phi) is 8.08. The van der Waals surface area contributed by atoms with Crippen LogP contribution in [-0.2, 0) is 16.1 Å². The number of nitrogens with zero attached hydrogens (tertiary/aromatic N) is 2. The van der Waals surface area contributed by atoms with Crippen LogP contribution in [-0.4, -0.2) is 47.0 Å². The van der Waals surface area contributed by atoms with Crippen LogP contribution in [0.5, 0.6) is 17.2 Å². The summed E-state index contributed by atoms with van der Waals surface area (Å²) in [5.41, 5.74) is 1.78. The van der Waals surface area contributed by atoms with E-state index in [0.29, 0.717) is 41.6 Å². The number of carbonyl (C=O) groups is 2. The van der Waals surface area contributed by atoms with Crippen molar-refractivity contribution in [1.82, 2.24) is 9.88 Å². The number of rotatable bonds is 10. The number of aromatic nitrogens is 1. The first-order chi connectivity index (χ1) is 18.0. The number of likely N-dealkylation sites (tertiary alicyclic amines) is 1. The topological polar surface area (TPSA) is 98.2 Å². The number of aliphatic hydroxyl groups excluding tert-OH is 1. The van der Waals surface area contributed by atoms with Crippen molar-refractivity contribution in [2.45, 2.75) is 32.9 Å². The minimum Gasteiger partial charge on any atom is -0.507 e. The predicted octanol–water partition coefficient (Wildman–Crippen LogP) is 4.90. The van der Waals surface area contributed by atoms with Crippen LogP contribution < -0.4 is 14.2 Å². The molecule has 0 radical (unpaired) electrons. The van der Waals surface area contributed by atoms with Crippen LogP contribution in [0.1, 0.15) is 43.0 Å². The standard InChI is InChI=1S/C29H30N2O6/c1-4-15-37-23-13-10-21(16-24(23)36-5-2)26-25(27(32)20-8-11-22(35-3)12-9-20)28(33)29(34)31(26)18-19-7-6-14-30-17-19/h6-14,16-17,26,32H,4-5,15,18H2,1-3H3. The summed E-state index contributed by atoms with van der Waals surface area (Å²) >= 11 is 0. The molecule has 1 aliphatic heterocycles. The zero-order chi connectivity index (χ0) is 26.4. The van der Waals surface area contributed by atoms with Crippen molar-refractivity contribution in [3.63, 3.8) is 0 Å². The van der Waals surface area contributed by atoms with E-state index >= 15 is 0 Å². The summed E-state index contributed by atoms with van der Waals surface area (Å²) in [4.78, 5) is 32.2. The number of methoxy groups -OCH3 is 1. The van der Waals surface area contributed by atoms with Gasteiger partial charge >= 0.3 is 0 Å². The molecule has 1 amide bonds. The molecular weight excluding hydrogens is 472 g/mol. The van der Waals surface area contributed by atoms with Crippen molar-refractivity contribution in [2.75, 3.05) is 20.3 Å². The molecule has 0 spiro atoms. The Morgan fingerprint density at radius 2 is 1.81 bits per heavy atom. The molecule has 8 heteroatoms. The second kappa shape index (κ2) is 11.6. The summed E-state index contributed by atoms with van der Waals surface area (Å²) in [5.74, 6) is -0.0329. The molecule has 1 fully saturated rings. The molecule has 1 saturated heterocycles. The highest BCUT2D eigenvalue weighted by atomic mass is 16.5. The Morgan fingerprint density at radius 1 is 1.03 bits per heavy atom. The van der Waals surface area contributed by atoms with Crippen LogP contribution in [0.3, 0.4) is 0 Å². The number of ketones is 1. The van der Waals surface area contributed by atoms with Crippen molar-refractivity contribution in [3.8, 4) is 17.2 Å². The molecule has 1 aromatic heterocycles. The van der Waals surface area contributed by atoms with Gasteiger partial charge in [-0.1, -0.05) is 19.1 Å². The molecular formula is C29H30N2O6. The highest BCUT2D eigenvalue weighted by Crippen LogP contribution is 2.43. The van der Waals surface area contributed by atoms with Gasteiger partial charge in [-0.3, -0.25) is 14.6 Å². The van der Waals surface area contributed by atoms with Gasteiger partial charge in [0.05, 0.1) is 31.9 Å². The zero-order valence-electron chi connectivity index (χ0n) is 21.1. The SMILES string of the molecule is CCCOc1ccc(C2C(=C(O)c3ccc(OC)cc3)C(=O)C(=O)N2Cc2cccnc2)cc1OCC. The molecule has 1 unspecified atom stereocenters. The number of aliphatic hydroxyl groups is 1. The number of amides is 1. The Hall–Kier alpha value is -4.33. The monoisotopic (exact) mass is 502 g/mol. The van der Waals surface area contributed by atoms with Gasteiger partial charge in [0.25, 0.3) is 11.7 Å². The smallest absolute Gasteiger partial charge is 0.295 e. The Balaban J connectivity index is 1.85. The van der Waals surface area contributed by atoms with Gasteiger partial charge in [0, 0.05) is 24.5 Å². The molecule has 1 N–H and O–H groups in total. The maximum absolute atomic E-state index is 13.3. The molecule has 4 rings (SSSR count). The van der Waals surface area contributed by atoms with Gasteiger partial charge in [0.2, 0.25) is 0 Å². The number of benzene rings is 2. The third-order valence-corrected chi connectivity index (χ3v) is 6.02. The average Bonchev–Trinajstić information content (AvgIpc) is 3.17. The lowest BCUT2D eigenvalue weighted by Crippen LogP contribution is -2.29. The first-order valence-corrected chi connectivity index (χ1v) is 12.2. The van der Waals surface area contributed by atoms with E-state index < -0.39 is 17.7 Å². The van der Waals surface area contributed by atoms with E-state index in [9.17, 15) is 14.7 Å². The normalized spacial score (nSPS) is 16.6. The second-order valence-electron chi connectivity index (χ2n) is 8.50. The fourth-order valence-electron chi connectivity index (χ4n) is 4.28. The number of ether oxygens (including phenoxy) is 3. The number of Topliss-reactive ketones (excluding diaryl/α,β-unsaturated/α-hetero) is 1. The van der Waals surface area contributed by atoms with Crippen LogP contribution >= 0.6 is 0 Å². The van der Waals surface area contributed by atoms with Gasteiger partial charge in [-0.15, -0.1) is 0 Å². The first-order valence-electron chi connectivity index (χ1n) is 12.2. The second-order valence-corrected chi connectivity index (χ2v) is 8.50. The highest BCUT2D eigenvalue weighted by molar-refractivity contribution is 6.46. The molecule has 192 valence electrons. The lowest BCUT2D eigenvalue weighted by Gasteiger charge is -2.26. The number of hydrogen-bond acceptors (Lipinski definition) is 7. The predicted molar refractivity (Wildman–Crippen MR) is 138 cm³/mol. The van der Waals surface area contributed by atoms with E-state index in [0.717, 1.165) is 12.0 Å². The maximum Gasteiger partial charge on any atom is 0.295 e. The van der Waals surface area contributed by atoms with E-state index in [1.165, 1.54) is 4.90 Å². The van der Waals surface area contributed by atoms with E-state index in [2.05, 4.69) is 4.98 Å². The molecule has 8 nitrogen and oxygen atoms in total. The summed E-state index contributed by atoms with van der Waals surface area (Å²) < 4.78 is 16.9. The summed E-state index contributed by atoms with van der Waals surface area (Å²) in [5, 5.41) is 11.3. The first kappa shape index (κ1) is 25.8. The van der Waals surface area contributed by atoms with Crippen molar-refractivity contribution in [3.05, 3.63) is 89.3 Å². The van der Waals surface area contributed by atoms with Gasteiger partial charge in [-0.25, -0.2) is 0 Å². The molecule has 1 aliphatic rings. The van der Waals surface area contributed by atoms with Gasteiger partial charge in [0.1, 0.15) is 11.5 Å². The summed E-state index contributed by atoms with van der Waals surface area (Å²) in [7, 11) is 1.54. The lowest BCUT2D eigenvalue weighted by atomic mass is 9.94. The van der Waals surface area contributed by atoms with Crippen molar-refractivity contribution < 1.29 is 28.9 Å². The van der Waals surface area contributed by atoms with Gasteiger partial charge in [-0.2, -0.15) is 0 Å². The number of carbonyl (C=O) groups excluding carboxylic acids is 2. The molecule has 0 aliphatic carbocycles. The summed E-state index contributed by atoms with van der Waals surface area (Å²) in [6.45, 7) is 4.96. The summed E-state index contributed by atoms with van der Waals surface area (Å²) in [6.07, 6.45) is 4.12.